The Morgan fingerprint density at radius 1 is 1.42 bits per heavy atom. The monoisotopic (exact) mass is 263 g/mol. The van der Waals surface area contributed by atoms with Crippen molar-refractivity contribution in [2.45, 2.75) is 39.9 Å². The number of hydrogen-bond acceptors (Lipinski definition) is 3. The maximum Gasteiger partial charge on any atom is 0.268 e. The largest absolute Gasteiger partial charge is 0.478 e. The number of fused-ring (bicyclic) bond motifs is 1. The lowest BCUT2D eigenvalue weighted by Crippen LogP contribution is -2.48. The summed E-state index contributed by atoms with van der Waals surface area (Å²) >= 11 is 0. The van der Waals surface area contributed by atoms with E-state index in [4.69, 9.17) is 4.74 Å². The van der Waals surface area contributed by atoms with Crippen molar-refractivity contribution in [2.75, 3.05) is 11.4 Å². The number of anilines is 1. The molecule has 1 amide bonds. The van der Waals surface area contributed by atoms with E-state index in [0.29, 0.717) is 12.3 Å². The average Bonchev–Trinajstić information content (AvgIpc) is 2.40. The molecule has 0 saturated heterocycles. The Bertz CT molecular complexity index is 470. The highest BCUT2D eigenvalue weighted by atomic mass is 16.5. The molecule has 1 aliphatic rings. The van der Waals surface area contributed by atoms with E-state index in [1.165, 1.54) is 0 Å². The topological polar surface area (TPSA) is 49.8 Å². The molecule has 1 aromatic carbocycles. The van der Waals surface area contributed by atoms with Crippen molar-refractivity contribution >= 4 is 11.6 Å². The molecule has 1 aromatic rings. The van der Waals surface area contributed by atoms with Gasteiger partial charge in [0.25, 0.3) is 5.91 Å². The second kappa shape index (κ2) is 5.61. The molecule has 0 spiro atoms. The summed E-state index contributed by atoms with van der Waals surface area (Å²) in [6.07, 6.45) is 0.463. The fraction of sp³-hybridized carbons (Fsp3) is 0.533. The lowest BCUT2D eigenvalue weighted by molar-refractivity contribution is -0.128. The summed E-state index contributed by atoms with van der Waals surface area (Å²) in [6.45, 7) is 6.68. The summed E-state index contributed by atoms with van der Waals surface area (Å²) in [5, 5.41) is 9.20. The fourth-order valence-electron chi connectivity index (χ4n) is 2.31. The summed E-state index contributed by atoms with van der Waals surface area (Å²) in [5.74, 6) is 0.845. The van der Waals surface area contributed by atoms with E-state index < -0.39 is 6.10 Å². The summed E-state index contributed by atoms with van der Waals surface area (Å²) in [7, 11) is 0. The summed E-state index contributed by atoms with van der Waals surface area (Å²) in [5.41, 5.74) is 1.60. The van der Waals surface area contributed by atoms with Crippen molar-refractivity contribution in [1.82, 2.24) is 0 Å². The fourth-order valence-corrected chi connectivity index (χ4v) is 2.31. The van der Waals surface area contributed by atoms with Gasteiger partial charge in [-0.15, -0.1) is 0 Å². The number of carbonyl (C=O) groups is 1. The van der Waals surface area contributed by atoms with Crippen LogP contribution in [0.1, 0.15) is 32.8 Å². The van der Waals surface area contributed by atoms with Gasteiger partial charge in [-0.25, -0.2) is 0 Å². The normalized spacial score (nSPS) is 18.5. The maximum atomic E-state index is 12.4. The first kappa shape index (κ1) is 13.9. The smallest absolute Gasteiger partial charge is 0.268 e. The Morgan fingerprint density at radius 2 is 2.16 bits per heavy atom. The van der Waals surface area contributed by atoms with Gasteiger partial charge in [-0.1, -0.05) is 26.8 Å². The minimum absolute atomic E-state index is 0.0231. The molecule has 0 aromatic heterocycles. The van der Waals surface area contributed by atoms with E-state index in [1.807, 2.05) is 32.0 Å². The van der Waals surface area contributed by atoms with Crippen LogP contribution in [0.3, 0.4) is 0 Å². The maximum absolute atomic E-state index is 12.4. The van der Waals surface area contributed by atoms with Crippen LogP contribution < -0.4 is 9.64 Å². The molecule has 1 unspecified atom stereocenters. The van der Waals surface area contributed by atoms with Gasteiger partial charge in [0.1, 0.15) is 5.75 Å². The first-order valence-electron chi connectivity index (χ1n) is 6.80. The standard InChI is InChI=1S/C15H21NO3/c1-4-7-16-12-6-5-11(9-17)8-13(12)19-14(10(2)3)15(16)18/h5-6,8,10,14,17H,4,7,9H2,1-3H3. The highest BCUT2D eigenvalue weighted by molar-refractivity contribution is 6.00. The number of carbonyl (C=O) groups excluding carboxylic acids is 1. The molecule has 0 fully saturated rings. The molecular weight excluding hydrogens is 242 g/mol. The van der Waals surface area contributed by atoms with Crippen LogP contribution in [-0.2, 0) is 11.4 Å². The van der Waals surface area contributed by atoms with E-state index in [1.54, 1.807) is 4.90 Å². The van der Waals surface area contributed by atoms with Crippen LogP contribution in [0, 0.1) is 5.92 Å². The number of ether oxygens (including phenoxy) is 1. The van der Waals surface area contributed by atoms with Crippen LogP contribution in [0.2, 0.25) is 0 Å². The second-order valence-corrected chi connectivity index (χ2v) is 5.23. The van der Waals surface area contributed by atoms with Gasteiger partial charge in [0.05, 0.1) is 12.3 Å². The summed E-state index contributed by atoms with van der Waals surface area (Å²) in [6, 6.07) is 5.50. The summed E-state index contributed by atoms with van der Waals surface area (Å²) in [4.78, 5) is 14.2. The molecule has 1 aliphatic heterocycles. The number of nitrogens with zero attached hydrogens (tertiary/aromatic N) is 1. The molecule has 1 atom stereocenters. The van der Waals surface area contributed by atoms with Gasteiger partial charge in [-0.05, 0) is 30.0 Å². The number of benzene rings is 1. The van der Waals surface area contributed by atoms with Crippen LogP contribution in [-0.4, -0.2) is 23.7 Å². The minimum Gasteiger partial charge on any atom is -0.478 e. The van der Waals surface area contributed by atoms with E-state index >= 15 is 0 Å². The predicted octanol–water partition coefficient (Wildman–Crippen LogP) is 2.34. The third-order valence-electron chi connectivity index (χ3n) is 3.31. The zero-order valence-corrected chi connectivity index (χ0v) is 11.7. The van der Waals surface area contributed by atoms with E-state index in [-0.39, 0.29) is 18.4 Å². The zero-order chi connectivity index (χ0) is 14.0. The van der Waals surface area contributed by atoms with Crippen LogP contribution in [0.5, 0.6) is 5.75 Å². The molecule has 2 rings (SSSR count). The Balaban J connectivity index is 2.43. The van der Waals surface area contributed by atoms with Crippen molar-refractivity contribution in [1.29, 1.82) is 0 Å². The molecular formula is C15H21NO3. The number of aliphatic hydroxyl groups excluding tert-OH is 1. The van der Waals surface area contributed by atoms with E-state index in [9.17, 15) is 9.90 Å². The molecule has 0 aliphatic carbocycles. The molecule has 0 saturated carbocycles. The number of aliphatic hydroxyl groups is 1. The predicted molar refractivity (Wildman–Crippen MR) is 74.3 cm³/mol. The molecule has 1 heterocycles. The summed E-state index contributed by atoms with van der Waals surface area (Å²) < 4.78 is 5.82. The highest BCUT2D eigenvalue weighted by Crippen LogP contribution is 2.36. The number of amides is 1. The quantitative estimate of drug-likeness (QED) is 0.907. The Labute approximate surface area is 114 Å². The van der Waals surface area contributed by atoms with E-state index in [0.717, 1.165) is 17.7 Å². The molecule has 104 valence electrons. The first-order valence-corrected chi connectivity index (χ1v) is 6.80. The van der Waals surface area contributed by atoms with Crippen LogP contribution in [0.25, 0.3) is 0 Å². The Morgan fingerprint density at radius 3 is 2.74 bits per heavy atom. The molecule has 4 nitrogen and oxygen atoms in total. The highest BCUT2D eigenvalue weighted by Gasteiger charge is 2.35. The molecule has 1 N–H and O–H groups in total. The molecule has 4 heteroatoms. The lowest BCUT2D eigenvalue weighted by atomic mass is 10.0. The van der Waals surface area contributed by atoms with Gasteiger partial charge in [0.2, 0.25) is 0 Å². The molecule has 0 bridgehead atoms. The van der Waals surface area contributed by atoms with Crippen LogP contribution in [0.15, 0.2) is 18.2 Å². The Kier molecular flexibility index (Phi) is 4.10. The first-order chi connectivity index (χ1) is 9.08. The van der Waals surface area contributed by atoms with Gasteiger partial charge in [-0.2, -0.15) is 0 Å². The van der Waals surface area contributed by atoms with Gasteiger partial charge in [-0.3, -0.25) is 4.79 Å². The van der Waals surface area contributed by atoms with Crippen molar-refractivity contribution in [3.05, 3.63) is 23.8 Å². The van der Waals surface area contributed by atoms with Crippen molar-refractivity contribution in [2.24, 2.45) is 5.92 Å². The van der Waals surface area contributed by atoms with Gasteiger partial charge < -0.3 is 14.7 Å². The van der Waals surface area contributed by atoms with E-state index in [2.05, 4.69) is 6.92 Å². The van der Waals surface area contributed by atoms with Gasteiger partial charge in [0, 0.05) is 6.54 Å². The lowest BCUT2D eigenvalue weighted by Gasteiger charge is -2.36. The minimum atomic E-state index is -0.437. The average molecular weight is 263 g/mol. The van der Waals surface area contributed by atoms with Crippen molar-refractivity contribution in [3.63, 3.8) is 0 Å². The van der Waals surface area contributed by atoms with Crippen molar-refractivity contribution < 1.29 is 14.6 Å². The molecule has 19 heavy (non-hydrogen) atoms. The second-order valence-electron chi connectivity index (χ2n) is 5.23. The van der Waals surface area contributed by atoms with Crippen molar-refractivity contribution in [3.8, 4) is 5.75 Å². The third-order valence-corrected chi connectivity index (χ3v) is 3.31. The number of hydrogen-bond donors (Lipinski definition) is 1. The van der Waals surface area contributed by atoms with Crippen LogP contribution >= 0.6 is 0 Å². The molecule has 0 radical (unpaired) electrons. The SMILES string of the molecule is CCCN1C(=O)C(C(C)C)Oc2cc(CO)ccc21. The Hall–Kier alpha value is -1.55. The van der Waals surface area contributed by atoms with Crippen LogP contribution in [0.4, 0.5) is 5.69 Å². The van der Waals surface area contributed by atoms with Gasteiger partial charge >= 0.3 is 0 Å². The third kappa shape index (κ3) is 2.59. The number of rotatable bonds is 4. The zero-order valence-electron chi connectivity index (χ0n) is 11.7. The van der Waals surface area contributed by atoms with Gasteiger partial charge in [0.15, 0.2) is 6.10 Å².